The molecule has 0 spiro atoms. The third kappa shape index (κ3) is 5.99. The molecule has 11 nitrogen and oxygen atoms in total. The predicted octanol–water partition coefficient (Wildman–Crippen LogP) is 0.833. The highest BCUT2D eigenvalue weighted by molar-refractivity contribution is 6.24. The van der Waals surface area contributed by atoms with Gasteiger partial charge in [-0.1, -0.05) is 6.07 Å². The lowest BCUT2D eigenvalue weighted by atomic mass is 10.0. The normalized spacial score (nSPS) is 20.4. The predicted molar refractivity (Wildman–Crippen MR) is 118 cm³/mol. The number of carbonyl (C=O) groups is 4. The summed E-state index contributed by atoms with van der Waals surface area (Å²) >= 11 is 0. The van der Waals surface area contributed by atoms with Gasteiger partial charge in [-0.2, -0.15) is 0 Å². The average Bonchev–Trinajstić information content (AvgIpc) is 2.97. The topological polar surface area (TPSA) is 146 Å². The first-order valence-electron chi connectivity index (χ1n) is 10.9. The first-order chi connectivity index (χ1) is 15.6. The molecular formula is C22H30N4O7. The Morgan fingerprint density at radius 2 is 1.91 bits per heavy atom. The molecule has 2 unspecified atom stereocenters. The van der Waals surface area contributed by atoms with Crippen molar-refractivity contribution in [3.63, 3.8) is 0 Å². The molecule has 4 N–H and O–H groups in total. The van der Waals surface area contributed by atoms with Gasteiger partial charge in [0, 0.05) is 25.2 Å². The highest BCUT2D eigenvalue weighted by atomic mass is 16.6. The molecule has 1 aromatic carbocycles. The molecule has 2 aliphatic rings. The molecule has 1 aromatic rings. The lowest BCUT2D eigenvalue weighted by Crippen LogP contribution is -2.57. The van der Waals surface area contributed by atoms with Crippen molar-refractivity contribution in [2.75, 3.05) is 31.6 Å². The summed E-state index contributed by atoms with van der Waals surface area (Å²) in [5, 5.41) is 18.2. The van der Waals surface area contributed by atoms with Gasteiger partial charge in [-0.25, -0.2) is 4.79 Å². The van der Waals surface area contributed by atoms with Crippen LogP contribution in [0.2, 0.25) is 0 Å². The average molecular weight is 463 g/mol. The van der Waals surface area contributed by atoms with Gasteiger partial charge < -0.3 is 30.5 Å². The Morgan fingerprint density at radius 3 is 2.61 bits per heavy atom. The van der Waals surface area contributed by atoms with Crippen LogP contribution in [-0.4, -0.2) is 78.0 Å². The number of nitrogens with one attached hydrogen (secondary N) is 3. The smallest absolute Gasteiger partial charge is 0.407 e. The van der Waals surface area contributed by atoms with Crippen LogP contribution in [0.5, 0.6) is 0 Å². The number of hydrogen-bond acceptors (Lipinski definition) is 8. The van der Waals surface area contributed by atoms with Crippen LogP contribution < -0.4 is 16.0 Å². The second kappa shape index (κ2) is 10.2. The summed E-state index contributed by atoms with van der Waals surface area (Å²) in [5.74, 6) is -1.33. The van der Waals surface area contributed by atoms with E-state index in [9.17, 15) is 24.3 Å². The summed E-state index contributed by atoms with van der Waals surface area (Å²) in [6.07, 6.45) is -1.49. The number of hydrogen-bond donors (Lipinski definition) is 4. The molecule has 1 fully saturated rings. The lowest BCUT2D eigenvalue weighted by molar-refractivity contribution is -0.129. The number of benzene rings is 1. The molecule has 0 bridgehead atoms. The number of alkyl carbamates (subject to hydrolysis) is 1. The van der Waals surface area contributed by atoms with Crippen molar-refractivity contribution in [1.82, 2.24) is 15.5 Å². The fraction of sp³-hybridized carbons (Fsp3) is 0.545. The first-order valence-corrected chi connectivity index (χ1v) is 10.9. The van der Waals surface area contributed by atoms with Crippen LogP contribution in [0, 0.1) is 0 Å². The number of fused-ring (bicyclic) bond motifs is 1. The summed E-state index contributed by atoms with van der Waals surface area (Å²) < 4.78 is 10.6. The van der Waals surface area contributed by atoms with E-state index in [1.165, 1.54) is 0 Å². The quantitative estimate of drug-likeness (QED) is 0.328. The second-order valence-corrected chi connectivity index (χ2v) is 8.79. The van der Waals surface area contributed by atoms with Crippen molar-refractivity contribution >= 4 is 29.5 Å². The zero-order valence-corrected chi connectivity index (χ0v) is 19.0. The minimum absolute atomic E-state index is 0.125. The maximum Gasteiger partial charge on any atom is 0.407 e. The van der Waals surface area contributed by atoms with Crippen LogP contribution in [0.25, 0.3) is 0 Å². The Kier molecular flexibility index (Phi) is 7.54. The Balaban J connectivity index is 1.50. The van der Waals surface area contributed by atoms with Crippen LogP contribution >= 0.6 is 0 Å². The molecule has 180 valence electrons. The minimum Gasteiger partial charge on any atom is -0.444 e. The minimum atomic E-state index is -1.30. The molecule has 0 aromatic heterocycles. The van der Waals surface area contributed by atoms with Crippen LogP contribution in [0.4, 0.5) is 10.5 Å². The summed E-state index contributed by atoms with van der Waals surface area (Å²) in [4.78, 5) is 50.0. The van der Waals surface area contributed by atoms with Gasteiger partial charge in [0.25, 0.3) is 11.8 Å². The summed E-state index contributed by atoms with van der Waals surface area (Å²) in [5.41, 5.74) is 0.398. The molecule has 3 rings (SSSR count). The first kappa shape index (κ1) is 24.5. The number of aliphatic hydroxyl groups excluding tert-OH is 1. The van der Waals surface area contributed by atoms with E-state index in [2.05, 4.69) is 16.0 Å². The van der Waals surface area contributed by atoms with E-state index in [1.54, 1.807) is 39.0 Å². The Labute approximate surface area is 191 Å². The van der Waals surface area contributed by atoms with E-state index < -0.39 is 35.8 Å². The van der Waals surface area contributed by atoms with E-state index in [4.69, 9.17) is 9.47 Å². The van der Waals surface area contributed by atoms with Gasteiger partial charge in [0.15, 0.2) is 0 Å². The fourth-order valence-electron chi connectivity index (χ4n) is 3.69. The van der Waals surface area contributed by atoms with Crippen molar-refractivity contribution in [3.8, 4) is 0 Å². The number of rotatable bonds is 8. The largest absolute Gasteiger partial charge is 0.444 e. The monoisotopic (exact) mass is 462 g/mol. The Hall–Kier alpha value is -3.18. The molecular weight excluding hydrogens is 432 g/mol. The molecule has 4 amide bonds. The molecule has 0 radical (unpaired) electrons. The van der Waals surface area contributed by atoms with E-state index in [0.29, 0.717) is 18.8 Å². The number of nitrogens with zero attached hydrogens (tertiary/aromatic N) is 1. The molecule has 2 atom stereocenters. The molecule has 2 heterocycles. The van der Waals surface area contributed by atoms with Crippen molar-refractivity contribution in [2.45, 2.75) is 51.5 Å². The molecule has 0 aliphatic carbocycles. The number of anilines is 1. The maximum absolute atomic E-state index is 13.0. The summed E-state index contributed by atoms with van der Waals surface area (Å²) in [6.45, 7) is 6.58. The van der Waals surface area contributed by atoms with Crippen LogP contribution in [0.15, 0.2) is 18.2 Å². The van der Waals surface area contributed by atoms with Gasteiger partial charge in [-0.15, -0.1) is 0 Å². The van der Waals surface area contributed by atoms with Crippen molar-refractivity contribution in [2.24, 2.45) is 0 Å². The summed E-state index contributed by atoms with van der Waals surface area (Å²) in [6, 6.07) is 4.11. The highest BCUT2D eigenvalue weighted by Crippen LogP contribution is 2.32. The number of amides is 4. The van der Waals surface area contributed by atoms with Crippen molar-refractivity contribution in [3.05, 3.63) is 29.3 Å². The molecule has 1 saturated heterocycles. The maximum atomic E-state index is 13.0. The third-order valence-electron chi connectivity index (χ3n) is 5.09. The third-order valence-corrected chi connectivity index (χ3v) is 5.09. The number of imide groups is 1. The summed E-state index contributed by atoms with van der Waals surface area (Å²) in [7, 11) is 0. The number of carbonyl (C=O) groups excluding carboxylic acids is 4. The van der Waals surface area contributed by atoms with Gasteiger partial charge in [-0.05, 0) is 39.3 Å². The van der Waals surface area contributed by atoms with Gasteiger partial charge in [0.2, 0.25) is 5.91 Å². The Bertz CT molecular complexity index is 928. The number of ether oxygens (including phenoxy) is 2. The van der Waals surface area contributed by atoms with Crippen LogP contribution in [0.1, 0.15) is 54.3 Å². The van der Waals surface area contributed by atoms with Crippen LogP contribution in [-0.2, 0) is 14.3 Å². The lowest BCUT2D eigenvalue weighted by Gasteiger charge is -2.33. The zero-order valence-electron chi connectivity index (χ0n) is 19.0. The Morgan fingerprint density at radius 1 is 1.18 bits per heavy atom. The van der Waals surface area contributed by atoms with Gasteiger partial charge >= 0.3 is 6.09 Å². The van der Waals surface area contributed by atoms with Gasteiger partial charge in [-0.3, -0.25) is 19.3 Å². The fourth-order valence-corrected chi connectivity index (χ4v) is 3.69. The van der Waals surface area contributed by atoms with Crippen molar-refractivity contribution in [1.29, 1.82) is 0 Å². The standard InChI is InChI=1S/C22H30N4O7/c1-22(2,3)33-21(31)24-10-12-32-11-9-23-14-6-4-5-13-17(14)20(30)26(19(13)29)15-7-8-16(27)25-18(15)28/h4-6,15,18,23,28H,7-12H2,1-3H3,(H,24,31)(H,25,27). The number of aliphatic hydroxyl groups is 1. The van der Waals surface area contributed by atoms with Crippen molar-refractivity contribution < 1.29 is 33.8 Å². The van der Waals surface area contributed by atoms with E-state index in [-0.39, 0.29) is 43.0 Å². The number of piperidine rings is 1. The van der Waals surface area contributed by atoms with Gasteiger partial charge in [0.1, 0.15) is 11.8 Å². The zero-order chi connectivity index (χ0) is 24.2. The van der Waals surface area contributed by atoms with E-state index in [0.717, 1.165) is 4.90 Å². The SMILES string of the molecule is CC(C)(C)OC(=O)NCCOCCNc1cccc2c1C(=O)N(C1CCC(=O)NC1O)C2=O. The van der Waals surface area contributed by atoms with Crippen LogP contribution in [0.3, 0.4) is 0 Å². The van der Waals surface area contributed by atoms with E-state index >= 15 is 0 Å². The van der Waals surface area contributed by atoms with E-state index in [1.807, 2.05) is 0 Å². The van der Waals surface area contributed by atoms with Gasteiger partial charge in [0.05, 0.1) is 30.4 Å². The molecule has 11 heteroatoms. The molecule has 2 aliphatic heterocycles. The molecule has 33 heavy (non-hydrogen) atoms. The molecule has 0 saturated carbocycles. The highest BCUT2D eigenvalue weighted by Gasteiger charge is 2.45. The second-order valence-electron chi connectivity index (χ2n) is 8.79.